The molecule has 112 valence electrons. The number of rotatable bonds is 3. The number of benzene rings is 1. The molecule has 1 aromatic rings. The number of hydrogen-bond acceptors (Lipinski definition) is 4. The molecule has 2 aliphatic rings. The third-order valence-corrected chi connectivity index (χ3v) is 6.09. The molecule has 1 aromatic carbocycles. The molecule has 6 heteroatoms. The highest BCUT2D eigenvalue weighted by Crippen LogP contribution is 2.31. The van der Waals surface area contributed by atoms with Crippen LogP contribution >= 0.6 is 0 Å². The van der Waals surface area contributed by atoms with Crippen molar-refractivity contribution in [3.63, 3.8) is 0 Å². The average molecular weight is 305 g/mol. The SMILES string of the molecule is Cc1ccc(S(=O)(=O)N2CCN(C3CC3)C(C#N)C2)cc1. The lowest BCUT2D eigenvalue weighted by Crippen LogP contribution is -2.54. The van der Waals surface area contributed by atoms with Gasteiger partial charge in [0.15, 0.2) is 0 Å². The van der Waals surface area contributed by atoms with Crippen molar-refractivity contribution in [1.82, 2.24) is 9.21 Å². The van der Waals surface area contributed by atoms with Gasteiger partial charge in [0.2, 0.25) is 10.0 Å². The number of nitrogens with zero attached hydrogens (tertiary/aromatic N) is 3. The largest absolute Gasteiger partial charge is 0.283 e. The van der Waals surface area contributed by atoms with Crippen molar-refractivity contribution in [3.8, 4) is 6.07 Å². The Labute approximate surface area is 125 Å². The Bertz CT molecular complexity index is 659. The monoisotopic (exact) mass is 305 g/mol. The van der Waals surface area contributed by atoms with Crippen LogP contribution < -0.4 is 0 Å². The second-order valence-corrected chi connectivity index (χ2v) is 7.73. The number of piperazine rings is 1. The molecule has 1 atom stereocenters. The molecule has 5 nitrogen and oxygen atoms in total. The smallest absolute Gasteiger partial charge is 0.243 e. The maximum absolute atomic E-state index is 12.7. The van der Waals surface area contributed by atoms with Crippen molar-refractivity contribution >= 4 is 10.0 Å². The van der Waals surface area contributed by atoms with E-state index in [4.69, 9.17) is 0 Å². The van der Waals surface area contributed by atoms with Gasteiger partial charge in [0.1, 0.15) is 6.04 Å². The first-order valence-corrected chi connectivity index (χ1v) is 8.68. The topological polar surface area (TPSA) is 64.4 Å². The molecule has 1 aliphatic carbocycles. The van der Waals surface area contributed by atoms with Crippen molar-refractivity contribution in [2.75, 3.05) is 19.6 Å². The Balaban J connectivity index is 1.80. The summed E-state index contributed by atoms with van der Waals surface area (Å²) in [6.45, 7) is 3.30. The maximum Gasteiger partial charge on any atom is 0.243 e. The van der Waals surface area contributed by atoms with Crippen LogP contribution in [0.25, 0.3) is 0 Å². The molecule has 0 aromatic heterocycles. The van der Waals surface area contributed by atoms with Gasteiger partial charge >= 0.3 is 0 Å². The highest BCUT2D eigenvalue weighted by molar-refractivity contribution is 7.89. The van der Waals surface area contributed by atoms with E-state index in [1.807, 2.05) is 6.92 Å². The minimum Gasteiger partial charge on any atom is -0.283 e. The summed E-state index contributed by atoms with van der Waals surface area (Å²) in [4.78, 5) is 2.46. The van der Waals surface area contributed by atoms with Crippen LogP contribution in [0.4, 0.5) is 0 Å². The molecule has 2 fully saturated rings. The molecule has 0 bridgehead atoms. The summed E-state index contributed by atoms with van der Waals surface area (Å²) in [6.07, 6.45) is 2.26. The molecule has 0 amide bonds. The predicted molar refractivity (Wildman–Crippen MR) is 79.1 cm³/mol. The van der Waals surface area contributed by atoms with E-state index in [0.717, 1.165) is 18.4 Å². The zero-order valence-electron chi connectivity index (χ0n) is 12.1. The second-order valence-electron chi connectivity index (χ2n) is 5.79. The fourth-order valence-corrected chi connectivity index (χ4v) is 4.25. The second kappa shape index (κ2) is 5.41. The van der Waals surface area contributed by atoms with E-state index in [1.165, 1.54) is 4.31 Å². The molecule has 21 heavy (non-hydrogen) atoms. The van der Waals surface area contributed by atoms with Crippen molar-refractivity contribution in [2.45, 2.75) is 36.7 Å². The molecule has 1 heterocycles. The molecule has 0 radical (unpaired) electrons. The van der Waals surface area contributed by atoms with Gasteiger partial charge in [-0.15, -0.1) is 0 Å². The van der Waals surface area contributed by atoms with Gasteiger partial charge < -0.3 is 0 Å². The van der Waals surface area contributed by atoms with Crippen LogP contribution in [0.2, 0.25) is 0 Å². The van der Waals surface area contributed by atoms with Gasteiger partial charge in [0.05, 0.1) is 11.0 Å². The summed E-state index contributed by atoms with van der Waals surface area (Å²) in [7, 11) is -3.49. The normalized spacial score (nSPS) is 24.7. The zero-order chi connectivity index (χ0) is 15.0. The lowest BCUT2D eigenvalue weighted by atomic mass is 10.2. The molecule has 0 spiro atoms. The highest BCUT2D eigenvalue weighted by atomic mass is 32.2. The summed E-state index contributed by atoms with van der Waals surface area (Å²) in [5, 5.41) is 9.32. The molecular formula is C15H19N3O2S. The summed E-state index contributed by atoms with van der Waals surface area (Å²) >= 11 is 0. The van der Waals surface area contributed by atoms with Gasteiger partial charge in [-0.25, -0.2) is 8.42 Å². The molecule has 3 rings (SSSR count). The van der Waals surface area contributed by atoms with Gasteiger partial charge in [-0.05, 0) is 31.9 Å². The van der Waals surface area contributed by atoms with Gasteiger partial charge in [-0.3, -0.25) is 4.90 Å². The van der Waals surface area contributed by atoms with Crippen molar-refractivity contribution < 1.29 is 8.42 Å². The molecular weight excluding hydrogens is 286 g/mol. The third kappa shape index (κ3) is 2.82. The molecule has 1 saturated carbocycles. The lowest BCUT2D eigenvalue weighted by Gasteiger charge is -2.37. The summed E-state index contributed by atoms with van der Waals surface area (Å²) in [6, 6.07) is 9.29. The minimum atomic E-state index is -3.49. The summed E-state index contributed by atoms with van der Waals surface area (Å²) < 4.78 is 26.7. The first kappa shape index (κ1) is 14.5. The molecule has 0 N–H and O–H groups in total. The van der Waals surface area contributed by atoms with Gasteiger partial charge in [-0.1, -0.05) is 17.7 Å². The van der Waals surface area contributed by atoms with Crippen molar-refractivity contribution in [3.05, 3.63) is 29.8 Å². The number of sulfonamides is 1. The van der Waals surface area contributed by atoms with Crippen LogP contribution in [0.5, 0.6) is 0 Å². The van der Waals surface area contributed by atoms with E-state index >= 15 is 0 Å². The van der Waals surface area contributed by atoms with E-state index in [9.17, 15) is 13.7 Å². The number of hydrogen-bond donors (Lipinski definition) is 0. The molecule has 1 saturated heterocycles. The number of nitriles is 1. The Morgan fingerprint density at radius 2 is 1.86 bits per heavy atom. The maximum atomic E-state index is 12.7. The molecule has 1 unspecified atom stereocenters. The third-order valence-electron chi connectivity index (χ3n) is 4.21. The van der Waals surface area contributed by atoms with Crippen LogP contribution in [0.1, 0.15) is 18.4 Å². The van der Waals surface area contributed by atoms with Crippen LogP contribution in [0.15, 0.2) is 29.2 Å². The zero-order valence-corrected chi connectivity index (χ0v) is 12.9. The van der Waals surface area contributed by atoms with Gasteiger partial charge in [-0.2, -0.15) is 9.57 Å². The van der Waals surface area contributed by atoms with Crippen LogP contribution in [0.3, 0.4) is 0 Å². The Hall–Kier alpha value is -1.42. The first-order chi connectivity index (χ1) is 10.0. The molecule has 1 aliphatic heterocycles. The van der Waals surface area contributed by atoms with Crippen LogP contribution in [-0.2, 0) is 10.0 Å². The van der Waals surface area contributed by atoms with Gasteiger partial charge in [0, 0.05) is 25.7 Å². The minimum absolute atomic E-state index is 0.267. The fraction of sp³-hybridized carbons (Fsp3) is 0.533. The fourth-order valence-electron chi connectivity index (χ4n) is 2.81. The van der Waals surface area contributed by atoms with Crippen molar-refractivity contribution in [2.24, 2.45) is 0 Å². The first-order valence-electron chi connectivity index (χ1n) is 7.24. The van der Waals surface area contributed by atoms with Crippen LogP contribution in [0, 0.1) is 18.3 Å². The Morgan fingerprint density at radius 3 is 2.43 bits per heavy atom. The Morgan fingerprint density at radius 1 is 1.19 bits per heavy atom. The van der Waals surface area contributed by atoms with E-state index < -0.39 is 10.0 Å². The van der Waals surface area contributed by atoms with E-state index in [1.54, 1.807) is 24.3 Å². The highest BCUT2D eigenvalue weighted by Gasteiger charge is 2.40. The summed E-state index contributed by atoms with van der Waals surface area (Å²) in [5.74, 6) is 0. The van der Waals surface area contributed by atoms with Crippen LogP contribution in [-0.4, -0.2) is 49.3 Å². The van der Waals surface area contributed by atoms with E-state index in [0.29, 0.717) is 24.0 Å². The number of aryl methyl sites for hydroxylation is 1. The predicted octanol–water partition coefficient (Wildman–Crippen LogP) is 1.36. The summed E-state index contributed by atoms with van der Waals surface area (Å²) in [5.41, 5.74) is 1.03. The lowest BCUT2D eigenvalue weighted by molar-refractivity contribution is 0.142. The van der Waals surface area contributed by atoms with Crippen molar-refractivity contribution in [1.29, 1.82) is 5.26 Å². The van der Waals surface area contributed by atoms with E-state index in [2.05, 4.69) is 11.0 Å². The quantitative estimate of drug-likeness (QED) is 0.846. The Kier molecular flexibility index (Phi) is 3.74. The standard InChI is InChI=1S/C15H19N3O2S/c1-12-2-6-15(7-3-12)21(19,20)17-8-9-18(13-4-5-13)14(10-16)11-17/h2-3,6-7,13-14H,4-5,8-9,11H2,1H3. The average Bonchev–Trinajstić information content (AvgIpc) is 3.31. The van der Waals surface area contributed by atoms with E-state index in [-0.39, 0.29) is 12.6 Å². The van der Waals surface area contributed by atoms with Gasteiger partial charge in [0.25, 0.3) is 0 Å².